The van der Waals surface area contributed by atoms with E-state index in [0.29, 0.717) is 6.54 Å². The van der Waals surface area contributed by atoms with Gasteiger partial charge in [0.25, 0.3) is 0 Å². The molecule has 1 aliphatic carbocycles. The Morgan fingerprint density at radius 2 is 1.92 bits per heavy atom. The number of alkyl halides is 3. The Kier molecular flexibility index (Phi) is 5.67. The van der Waals surface area contributed by atoms with Gasteiger partial charge in [-0.1, -0.05) is 18.2 Å². The number of nitrogens with zero attached hydrogens (tertiary/aromatic N) is 2. The Balaban J connectivity index is 1.68. The number of carbonyl (C=O) groups excluding carboxylic acids is 1. The molecule has 0 N–H and O–H groups in total. The zero-order chi connectivity index (χ0) is 18.7. The lowest BCUT2D eigenvalue weighted by Gasteiger charge is -2.26. The van der Waals surface area contributed by atoms with Crippen LogP contribution < -0.4 is 0 Å². The predicted molar refractivity (Wildman–Crippen MR) is 95.7 cm³/mol. The highest BCUT2D eigenvalue weighted by atomic mass is 32.1. The summed E-state index contributed by atoms with van der Waals surface area (Å²) < 4.78 is 39.7. The molecule has 1 saturated carbocycles. The average molecular weight is 382 g/mol. The summed E-state index contributed by atoms with van der Waals surface area (Å²) in [6, 6.07) is 7.76. The van der Waals surface area contributed by atoms with E-state index in [0.717, 1.165) is 24.5 Å². The highest BCUT2D eigenvalue weighted by molar-refractivity contribution is 7.07. The highest BCUT2D eigenvalue weighted by Gasteiger charge is 2.36. The topological polar surface area (TPSA) is 23.6 Å². The van der Waals surface area contributed by atoms with Crippen LogP contribution in [-0.2, 0) is 24.1 Å². The molecule has 1 aliphatic rings. The molecule has 0 saturated heterocycles. The van der Waals surface area contributed by atoms with Gasteiger partial charge in [0.2, 0.25) is 5.91 Å². The van der Waals surface area contributed by atoms with E-state index in [1.807, 2.05) is 21.7 Å². The molecule has 0 bridgehead atoms. The Morgan fingerprint density at radius 1 is 1.19 bits per heavy atom. The van der Waals surface area contributed by atoms with Crippen LogP contribution in [0, 0.1) is 0 Å². The van der Waals surface area contributed by atoms with Crippen LogP contribution in [0.4, 0.5) is 13.2 Å². The fourth-order valence-electron chi connectivity index (χ4n) is 2.95. The second-order valence-corrected chi connectivity index (χ2v) is 7.45. The molecule has 0 unspecified atom stereocenters. The third-order valence-corrected chi connectivity index (χ3v) is 5.26. The van der Waals surface area contributed by atoms with Crippen molar-refractivity contribution in [2.24, 2.45) is 0 Å². The lowest BCUT2D eigenvalue weighted by molar-refractivity contribution is -0.138. The van der Waals surface area contributed by atoms with Crippen molar-refractivity contribution in [3.8, 4) is 0 Å². The van der Waals surface area contributed by atoms with Crippen molar-refractivity contribution in [1.29, 1.82) is 0 Å². The second-order valence-electron chi connectivity index (χ2n) is 6.67. The third kappa shape index (κ3) is 4.86. The van der Waals surface area contributed by atoms with Crippen LogP contribution in [0.15, 0.2) is 41.1 Å². The molecule has 3 rings (SSSR count). The van der Waals surface area contributed by atoms with Gasteiger partial charge in [0, 0.05) is 26.2 Å². The van der Waals surface area contributed by atoms with Gasteiger partial charge in [-0.05, 0) is 46.9 Å². The van der Waals surface area contributed by atoms with Crippen molar-refractivity contribution < 1.29 is 18.0 Å². The van der Waals surface area contributed by atoms with E-state index >= 15 is 0 Å². The highest BCUT2D eigenvalue weighted by Crippen LogP contribution is 2.34. The summed E-state index contributed by atoms with van der Waals surface area (Å²) in [4.78, 5) is 16.1. The molecular weight excluding hydrogens is 361 g/mol. The Hall–Kier alpha value is -1.86. The molecular formula is C19H21F3N2OS. The summed E-state index contributed by atoms with van der Waals surface area (Å²) in [7, 11) is 1.73. The molecule has 1 amide bonds. The first-order valence-corrected chi connectivity index (χ1v) is 9.43. The van der Waals surface area contributed by atoms with Crippen molar-refractivity contribution >= 4 is 17.2 Å². The number of likely N-dealkylation sites (N-methyl/N-ethyl adjacent to an activating group) is 1. The number of benzene rings is 1. The number of hydrogen-bond acceptors (Lipinski definition) is 3. The normalized spacial score (nSPS) is 14.7. The Morgan fingerprint density at radius 3 is 2.54 bits per heavy atom. The maximum absolute atomic E-state index is 13.2. The van der Waals surface area contributed by atoms with E-state index in [2.05, 4.69) is 0 Å². The molecule has 1 aromatic carbocycles. The summed E-state index contributed by atoms with van der Waals surface area (Å²) in [5.74, 6) is -0.0763. The molecule has 1 heterocycles. The maximum Gasteiger partial charge on any atom is 0.416 e. The molecule has 1 aromatic heterocycles. The molecule has 0 radical (unpaired) electrons. The van der Waals surface area contributed by atoms with Crippen LogP contribution in [0.5, 0.6) is 0 Å². The average Bonchev–Trinajstić information content (AvgIpc) is 3.31. The molecule has 3 nitrogen and oxygen atoms in total. The van der Waals surface area contributed by atoms with E-state index in [-0.39, 0.29) is 30.6 Å². The quantitative estimate of drug-likeness (QED) is 0.709. The standard InChI is InChI=1S/C19H21F3N2OS/c1-23(10-14-8-9-26-13-14)18(25)12-24(16-6-7-16)11-15-4-2-3-5-17(15)19(20,21)22/h2-5,8-9,13,16H,6-7,10-12H2,1H3. The first-order valence-electron chi connectivity index (χ1n) is 8.49. The maximum atomic E-state index is 13.2. The number of carbonyl (C=O) groups is 1. The number of rotatable bonds is 7. The van der Waals surface area contributed by atoms with Crippen LogP contribution >= 0.6 is 11.3 Å². The number of amides is 1. The fourth-order valence-corrected chi connectivity index (χ4v) is 3.61. The number of thiophene rings is 1. The zero-order valence-corrected chi connectivity index (χ0v) is 15.3. The second kappa shape index (κ2) is 7.80. The predicted octanol–water partition coefficient (Wildman–Crippen LogP) is 4.39. The van der Waals surface area contributed by atoms with Gasteiger partial charge in [0.05, 0.1) is 12.1 Å². The molecule has 140 valence electrons. The van der Waals surface area contributed by atoms with Gasteiger partial charge in [-0.25, -0.2) is 0 Å². The molecule has 2 aromatic rings. The van der Waals surface area contributed by atoms with Crippen LogP contribution in [0.3, 0.4) is 0 Å². The van der Waals surface area contributed by atoms with Gasteiger partial charge in [0.15, 0.2) is 0 Å². The SMILES string of the molecule is CN(Cc1ccsc1)C(=O)CN(Cc1ccccc1C(F)(F)F)C1CC1. The van der Waals surface area contributed by atoms with Crippen LogP contribution in [0.1, 0.15) is 29.5 Å². The van der Waals surface area contributed by atoms with Crippen molar-refractivity contribution in [1.82, 2.24) is 9.80 Å². The third-order valence-electron chi connectivity index (χ3n) is 4.52. The van der Waals surface area contributed by atoms with Crippen molar-refractivity contribution in [3.63, 3.8) is 0 Å². The van der Waals surface area contributed by atoms with Gasteiger partial charge in [-0.2, -0.15) is 24.5 Å². The largest absolute Gasteiger partial charge is 0.416 e. The summed E-state index contributed by atoms with van der Waals surface area (Å²) in [5.41, 5.74) is 0.663. The molecule has 0 spiro atoms. The van der Waals surface area contributed by atoms with Gasteiger partial charge in [-0.3, -0.25) is 9.69 Å². The Bertz CT molecular complexity index is 741. The molecule has 26 heavy (non-hydrogen) atoms. The van der Waals surface area contributed by atoms with Crippen molar-refractivity contribution in [3.05, 3.63) is 57.8 Å². The van der Waals surface area contributed by atoms with E-state index < -0.39 is 11.7 Å². The van der Waals surface area contributed by atoms with E-state index in [4.69, 9.17) is 0 Å². The minimum Gasteiger partial charge on any atom is -0.340 e. The molecule has 0 atom stereocenters. The van der Waals surface area contributed by atoms with E-state index in [9.17, 15) is 18.0 Å². The van der Waals surface area contributed by atoms with Crippen LogP contribution in [-0.4, -0.2) is 35.3 Å². The van der Waals surface area contributed by atoms with E-state index in [1.165, 1.54) is 12.1 Å². The molecule has 1 fully saturated rings. The summed E-state index contributed by atoms with van der Waals surface area (Å²) in [6.45, 7) is 0.788. The zero-order valence-electron chi connectivity index (χ0n) is 14.5. The van der Waals surface area contributed by atoms with Gasteiger partial charge < -0.3 is 4.90 Å². The van der Waals surface area contributed by atoms with Crippen molar-refractivity contribution in [2.75, 3.05) is 13.6 Å². The first-order chi connectivity index (χ1) is 12.3. The van der Waals surface area contributed by atoms with Crippen molar-refractivity contribution in [2.45, 2.75) is 38.1 Å². The van der Waals surface area contributed by atoms with Gasteiger partial charge in [0.1, 0.15) is 0 Å². The number of hydrogen-bond donors (Lipinski definition) is 0. The van der Waals surface area contributed by atoms with Crippen LogP contribution in [0.25, 0.3) is 0 Å². The van der Waals surface area contributed by atoms with Gasteiger partial charge >= 0.3 is 6.18 Å². The monoisotopic (exact) mass is 382 g/mol. The first kappa shape index (κ1) is 18.9. The van der Waals surface area contributed by atoms with Crippen LogP contribution in [0.2, 0.25) is 0 Å². The van der Waals surface area contributed by atoms with Gasteiger partial charge in [-0.15, -0.1) is 0 Å². The minimum atomic E-state index is -4.38. The number of halogens is 3. The lowest BCUT2D eigenvalue weighted by Crippen LogP contribution is -2.39. The fraction of sp³-hybridized carbons (Fsp3) is 0.421. The summed E-state index contributed by atoms with van der Waals surface area (Å²) in [5, 5.41) is 3.94. The Labute approximate surface area is 155 Å². The summed E-state index contributed by atoms with van der Waals surface area (Å²) in [6.07, 6.45) is -2.53. The van der Waals surface area contributed by atoms with E-state index in [1.54, 1.807) is 29.4 Å². The molecule has 7 heteroatoms. The molecule has 0 aliphatic heterocycles. The minimum absolute atomic E-state index is 0.0763. The smallest absolute Gasteiger partial charge is 0.340 e. The summed E-state index contributed by atoms with van der Waals surface area (Å²) >= 11 is 1.57. The lowest BCUT2D eigenvalue weighted by atomic mass is 10.1.